The standard InChI is InChI=1S/C28H30N4O3S3/c1-16(2)32-25(21-14-36-22-8-6-5-7-19(21)22)30-31-28(32)38-15-23(33)29-26-24(27(34)35-4)20(13-37-26)18-11-9-17(3)10-12-18/h9-14,16H,5-8,15H2,1-4H3,(H,29,33). The summed E-state index contributed by atoms with van der Waals surface area (Å²) in [5, 5.41) is 17.2. The second-order valence-electron chi connectivity index (χ2n) is 9.58. The Balaban J connectivity index is 1.34. The van der Waals surface area contributed by atoms with Crippen LogP contribution in [0.15, 0.2) is 40.2 Å². The lowest BCUT2D eigenvalue weighted by atomic mass is 9.95. The number of hydrogen-bond acceptors (Lipinski definition) is 8. The summed E-state index contributed by atoms with van der Waals surface area (Å²) in [6.07, 6.45) is 4.67. The molecule has 1 aliphatic carbocycles. The van der Waals surface area contributed by atoms with E-state index in [1.54, 1.807) is 0 Å². The van der Waals surface area contributed by atoms with Crippen LogP contribution in [0.3, 0.4) is 0 Å². The average molecular weight is 567 g/mol. The monoisotopic (exact) mass is 566 g/mol. The van der Waals surface area contributed by atoms with Gasteiger partial charge in [0.2, 0.25) is 5.91 Å². The fraction of sp³-hybridized carbons (Fsp3) is 0.357. The minimum Gasteiger partial charge on any atom is -0.465 e. The second-order valence-corrected chi connectivity index (χ2v) is 12.4. The molecule has 0 saturated carbocycles. The number of carbonyl (C=O) groups excluding carboxylic acids is 2. The van der Waals surface area contributed by atoms with E-state index < -0.39 is 5.97 Å². The van der Waals surface area contributed by atoms with Crippen molar-refractivity contribution in [1.82, 2.24) is 14.8 Å². The number of nitrogens with zero attached hydrogens (tertiary/aromatic N) is 3. The van der Waals surface area contributed by atoms with Crippen LogP contribution in [-0.2, 0) is 22.4 Å². The summed E-state index contributed by atoms with van der Waals surface area (Å²) in [7, 11) is 1.35. The Hall–Kier alpha value is -2.95. The molecule has 1 aliphatic rings. The van der Waals surface area contributed by atoms with Crippen molar-refractivity contribution in [3.05, 3.63) is 56.6 Å². The Bertz CT molecular complexity index is 1470. The molecule has 4 aromatic rings. The number of amides is 1. The number of rotatable bonds is 8. The van der Waals surface area contributed by atoms with Crippen LogP contribution < -0.4 is 5.32 Å². The Morgan fingerprint density at radius 1 is 1.08 bits per heavy atom. The number of ether oxygens (including phenoxy) is 1. The molecule has 0 saturated heterocycles. The highest BCUT2D eigenvalue weighted by Gasteiger charge is 2.25. The van der Waals surface area contributed by atoms with Crippen molar-refractivity contribution in [2.75, 3.05) is 18.2 Å². The van der Waals surface area contributed by atoms with Crippen molar-refractivity contribution in [3.63, 3.8) is 0 Å². The summed E-state index contributed by atoms with van der Waals surface area (Å²) in [5.74, 6) is 0.319. The Kier molecular flexibility index (Phi) is 8.01. The van der Waals surface area contributed by atoms with Gasteiger partial charge >= 0.3 is 5.97 Å². The second kappa shape index (κ2) is 11.4. The summed E-state index contributed by atoms with van der Waals surface area (Å²) < 4.78 is 7.16. The number of benzene rings is 1. The van der Waals surface area contributed by atoms with E-state index in [2.05, 4.69) is 39.3 Å². The number of nitrogens with one attached hydrogen (secondary N) is 1. The number of hydrogen-bond donors (Lipinski definition) is 1. The predicted octanol–water partition coefficient (Wildman–Crippen LogP) is 7.02. The number of methoxy groups -OCH3 is 1. The van der Waals surface area contributed by atoms with E-state index >= 15 is 0 Å². The van der Waals surface area contributed by atoms with Crippen LogP contribution in [-0.4, -0.2) is 39.5 Å². The Labute approximate surface area is 234 Å². The number of esters is 1. The zero-order valence-electron chi connectivity index (χ0n) is 21.9. The van der Waals surface area contributed by atoms with Gasteiger partial charge in [-0.15, -0.1) is 32.9 Å². The van der Waals surface area contributed by atoms with Gasteiger partial charge in [0.15, 0.2) is 11.0 Å². The number of anilines is 1. The van der Waals surface area contributed by atoms with Crippen LogP contribution in [0, 0.1) is 6.92 Å². The zero-order valence-corrected chi connectivity index (χ0v) is 24.3. The topological polar surface area (TPSA) is 86.1 Å². The van der Waals surface area contributed by atoms with Crippen molar-refractivity contribution in [2.45, 2.75) is 57.7 Å². The molecule has 0 atom stereocenters. The van der Waals surface area contributed by atoms with Crippen molar-refractivity contribution < 1.29 is 14.3 Å². The fourth-order valence-electron chi connectivity index (χ4n) is 4.70. The van der Waals surface area contributed by atoms with E-state index in [4.69, 9.17) is 4.74 Å². The lowest BCUT2D eigenvalue weighted by Crippen LogP contribution is -2.16. The van der Waals surface area contributed by atoms with Crippen molar-refractivity contribution >= 4 is 51.3 Å². The maximum Gasteiger partial charge on any atom is 0.341 e. The van der Waals surface area contributed by atoms with Gasteiger partial charge in [-0.3, -0.25) is 9.36 Å². The molecule has 38 heavy (non-hydrogen) atoms. The molecule has 0 unspecified atom stereocenters. The van der Waals surface area contributed by atoms with Crippen LogP contribution in [0.2, 0.25) is 0 Å². The molecule has 198 valence electrons. The summed E-state index contributed by atoms with van der Waals surface area (Å²) in [6.45, 7) is 6.23. The van der Waals surface area contributed by atoms with Crippen molar-refractivity contribution in [1.29, 1.82) is 0 Å². The van der Waals surface area contributed by atoms with E-state index in [-0.39, 0.29) is 17.7 Å². The first kappa shape index (κ1) is 26.6. The summed E-state index contributed by atoms with van der Waals surface area (Å²) in [5.41, 5.74) is 5.72. The first-order valence-corrected chi connectivity index (χ1v) is 15.4. The molecule has 3 heterocycles. The van der Waals surface area contributed by atoms with Gasteiger partial charge in [-0.2, -0.15) is 0 Å². The predicted molar refractivity (Wildman–Crippen MR) is 156 cm³/mol. The largest absolute Gasteiger partial charge is 0.465 e. The molecule has 7 nitrogen and oxygen atoms in total. The molecule has 0 aliphatic heterocycles. The van der Waals surface area contributed by atoms with Crippen LogP contribution in [0.5, 0.6) is 0 Å². The SMILES string of the molecule is COC(=O)c1c(-c2ccc(C)cc2)csc1NC(=O)CSc1nnc(-c2csc3c2CCCC3)n1C(C)C. The van der Waals surface area contributed by atoms with Crippen LogP contribution >= 0.6 is 34.4 Å². The van der Waals surface area contributed by atoms with Gasteiger partial charge in [-0.25, -0.2) is 4.79 Å². The van der Waals surface area contributed by atoms with E-state index in [0.29, 0.717) is 15.7 Å². The third-order valence-corrected chi connectivity index (χ3v) is 9.54. The molecule has 10 heteroatoms. The molecule has 1 aromatic carbocycles. The summed E-state index contributed by atoms with van der Waals surface area (Å²) >= 11 is 4.48. The highest BCUT2D eigenvalue weighted by molar-refractivity contribution is 7.99. The highest BCUT2D eigenvalue weighted by atomic mass is 32.2. The number of fused-ring (bicyclic) bond motifs is 1. The van der Waals surface area contributed by atoms with E-state index in [0.717, 1.165) is 35.4 Å². The van der Waals surface area contributed by atoms with Crippen LogP contribution in [0.4, 0.5) is 5.00 Å². The van der Waals surface area contributed by atoms with Crippen molar-refractivity contribution in [3.8, 4) is 22.5 Å². The Morgan fingerprint density at radius 2 is 1.82 bits per heavy atom. The van der Waals surface area contributed by atoms with Gasteiger partial charge in [0.05, 0.1) is 12.9 Å². The molecule has 1 amide bonds. The number of aromatic nitrogens is 3. The molecule has 5 rings (SSSR count). The van der Waals surface area contributed by atoms with Gasteiger partial charge < -0.3 is 10.1 Å². The van der Waals surface area contributed by atoms with E-state index in [1.807, 2.05) is 47.9 Å². The highest BCUT2D eigenvalue weighted by Crippen LogP contribution is 2.39. The van der Waals surface area contributed by atoms with E-state index in [9.17, 15) is 9.59 Å². The first-order chi connectivity index (χ1) is 18.4. The number of thiophene rings is 2. The van der Waals surface area contributed by atoms with Crippen LogP contribution in [0.1, 0.15) is 59.1 Å². The molecule has 0 radical (unpaired) electrons. The van der Waals surface area contributed by atoms with E-state index in [1.165, 1.54) is 59.1 Å². The third-order valence-electron chi connectivity index (χ3n) is 6.61. The molecule has 0 spiro atoms. The summed E-state index contributed by atoms with van der Waals surface area (Å²) in [6, 6.07) is 8.06. The lowest BCUT2D eigenvalue weighted by Gasteiger charge is -2.16. The van der Waals surface area contributed by atoms with Crippen molar-refractivity contribution in [2.24, 2.45) is 0 Å². The normalized spacial score (nSPS) is 13.0. The quantitative estimate of drug-likeness (QED) is 0.182. The number of thioether (sulfide) groups is 1. The van der Waals surface area contributed by atoms with Gasteiger partial charge in [0.1, 0.15) is 10.6 Å². The third kappa shape index (κ3) is 5.30. The van der Waals surface area contributed by atoms with Gasteiger partial charge in [0, 0.05) is 32.8 Å². The minimum atomic E-state index is -0.479. The minimum absolute atomic E-state index is 0.144. The maximum atomic E-state index is 13.0. The molecule has 0 bridgehead atoms. The molecule has 3 aromatic heterocycles. The first-order valence-electron chi connectivity index (χ1n) is 12.6. The fourth-order valence-corrected chi connectivity index (χ4v) is 7.66. The summed E-state index contributed by atoms with van der Waals surface area (Å²) in [4.78, 5) is 27.1. The Morgan fingerprint density at radius 3 is 2.55 bits per heavy atom. The molecule has 0 fully saturated rings. The lowest BCUT2D eigenvalue weighted by molar-refractivity contribution is -0.113. The maximum absolute atomic E-state index is 13.0. The number of aryl methyl sites for hydroxylation is 2. The average Bonchev–Trinajstić information content (AvgIpc) is 3.64. The molecular formula is C28H30N4O3S3. The molecular weight excluding hydrogens is 537 g/mol. The molecule has 1 N–H and O–H groups in total. The van der Waals surface area contributed by atoms with Gasteiger partial charge in [0.25, 0.3) is 0 Å². The zero-order chi connectivity index (χ0) is 26.8. The van der Waals surface area contributed by atoms with Gasteiger partial charge in [-0.05, 0) is 57.6 Å². The van der Waals surface area contributed by atoms with Gasteiger partial charge in [-0.1, -0.05) is 41.6 Å². The smallest absolute Gasteiger partial charge is 0.341 e. The number of carbonyl (C=O) groups is 2. The van der Waals surface area contributed by atoms with Crippen LogP contribution in [0.25, 0.3) is 22.5 Å².